The van der Waals surface area contributed by atoms with E-state index >= 15 is 4.39 Å². The topological polar surface area (TPSA) is 74.9 Å². The van der Waals surface area contributed by atoms with Crippen LogP contribution in [-0.2, 0) is 0 Å². The second-order valence-electron chi connectivity index (χ2n) is 10.3. The molecule has 0 unspecified atom stereocenters. The average Bonchev–Trinajstić information content (AvgIpc) is 3.00. The van der Waals surface area contributed by atoms with Gasteiger partial charge >= 0.3 is 0 Å². The van der Waals surface area contributed by atoms with Crippen molar-refractivity contribution in [1.82, 2.24) is 19.7 Å². The number of piperazine rings is 1. The summed E-state index contributed by atoms with van der Waals surface area (Å²) in [6.45, 7) is 15.1. The van der Waals surface area contributed by atoms with Crippen LogP contribution in [0.4, 0.5) is 10.1 Å². The molecule has 1 aliphatic rings. The number of para-hydroxylation sites is 1. The predicted molar refractivity (Wildman–Crippen MR) is 165 cm³/mol. The molecular formula is C33H42FN5O2. The Bertz CT molecular complexity index is 1390. The number of benzene rings is 2. The summed E-state index contributed by atoms with van der Waals surface area (Å²) in [5.41, 5.74) is 11.1. The van der Waals surface area contributed by atoms with E-state index in [0.29, 0.717) is 24.2 Å². The van der Waals surface area contributed by atoms with Gasteiger partial charge in [0, 0.05) is 67.8 Å². The van der Waals surface area contributed by atoms with E-state index in [2.05, 4.69) is 28.6 Å². The Balaban J connectivity index is 1.59. The third-order valence-electron chi connectivity index (χ3n) is 8.04. The summed E-state index contributed by atoms with van der Waals surface area (Å²) in [5.74, 6) is -0.0955. The smallest absolute Gasteiger partial charge is 0.256 e. The highest BCUT2D eigenvalue weighted by Crippen LogP contribution is 2.35. The van der Waals surface area contributed by atoms with Gasteiger partial charge in [-0.2, -0.15) is 0 Å². The number of rotatable bonds is 10. The van der Waals surface area contributed by atoms with Crippen LogP contribution in [0.1, 0.15) is 48.0 Å². The molecule has 4 rings (SSSR count). The highest BCUT2D eigenvalue weighted by molar-refractivity contribution is 6.00. The van der Waals surface area contributed by atoms with Gasteiger partial charge in [-0.15, -0.1) is 0 Å². The first-order valence-electron chi connectivity index (χ1n) is 14.4. The first kappa shape index (κ1) is 30.2. The molecule has 1 aliphatic heterocycles. The Kier molecular flexibility index (Phi) is 10.1. The molecule has 2 N–H and O–H groups in total. The average molecular weight is 560 g/mol. The Morgan fingerprint density at radius 2 is 1.73 bits per heavy atom. The molecule has 0 bridgehead atoms. The normalized spacial score (nSPS) is 14.5. The maximum Gasteiger partial charge on any atom is 0.256 e. The molecule has 8 heteroatoms. The molecule has 0 aliphatic carbocycles. The van der Waals surface area contributed by atoms with Gasteiger partial charge in [0.15, 0.2) is 0 Å². The number of halogens is 1. The molecule has 0 spiro atoms. The molecule has 7 nitrogen and oxygen atoms in total. The number of pyridine rings is 1. The maximum atomic E-state index is 15.2. The van der Waals surface area contributed by atoms with Crippen molar-refractivity contribution >= 4 is 17.2 Å². The molecule has 0 atom stereocenters. The van der Waals surface area contributed by atoms with E-state index < -0.39 is 5.82 Å². The van der Waals surface area contributed by atoms with Crippen molar-refractivity contribution in [3.05, 3.63) is 82.9 Å². The van der Waals surface area contributed by atoms with E-state index in [1.807, 2.05) is 50.3 Å². The molecule has 41 heavy (non-hydrogen) atoms. The molecule has 1 aromatic heterocycles. The molecule has 1 fully saturated rings. The van der Waals surface area contributed by atoms with Crippen molar-refractivity contribution in [2.45, 2.75) is 27.7 Å². The summed E-state index contributed by atoms with van der Waals surface area (Å²) in [4.78, 5) is 24.8. The van der Waals surface area contributed by atoms with E-state index in [1.54, 1.807) is 24.3 Å². The number of methoxy groups -OCH3 is 1. The zero-order chi connectivity index (χ0) is 29.5. The summed E-state index contributed by atoms with van der Waals surface area (Å²) in [7, 11) is 1.65. The van der Waals surface area contributed by atoms with Crippen molar-refractivity contribution in [1.29, 1.82) is 0 Å². The fourth-order valence-electron chi connectivity index (χ4n) is 5.42. The van der Waals surface area contributed by atoms with Crippen LogP contribution < -0.4 is 10.5 Å². The molecule has 218 valence electrons. The molecule has 3 aromatic rings. The number of carbonyl (C=O) groups excluding carboxylic acids is 1. The van der Waals surface area contributed by atoms with Gasteiger partial charge in [-0.25, -0.2) is 4.39 Å². The zero-order valence-electron chi connectivity index (χ0n) is 24.9. The van der Waals surface area contributed by atoms with E-state index in [0.717, 1.165) is 67.4 Å². The zero-order valence-corrected chi connectivity index (χ0v) is 24.9. The van der Waals surface area contributed by atoms with Crippen molar-refractivity contribution in [2.24, 2.45) is 0 Å². The SMILES string of the molecule is C/C=C(/c1ccccc1OC)c1cc(-c2cc(F)c(N)c(C(=O)N3CCN(CCN(CC)CC)CC3)c2)cnc1C. The maximum absolute atomic E-state index is 15.2. The first-order chi connectivity index (χ1) is 19.8. The Hall–Kier alpha value is -3.75. The summed E-state index contributed by atoms with van der Waals surface area (Å²) in [6.07, 6.45) is 3.73. The monoisotopic (exact) mass is 559 g/mol. The first-order valence-corrected chi connectivity index (χ1v) is 14.4. The number of anilines is 1. The summed E-state index contributed by atoms with van der Waals surface area (Å²) in [5, 5.41) is 0. The number of amides is 1. The fourth-order valence-corrected chi connectivity index (χ4v) is 5.42. The number of hydrogen-bond donors (Lipinski definition) is 1. The number of nitrogens with two attached hydrogens (primary N) is 1. The van der Waals surface area contributed by atoms with Crippen molar-refractivity contribution in [3.8, 4) is 16.9 Å². The van der Waals surface area contributed by atoms with Crippen LogP contribution in [-0.4, -0.2) is 85.1 Å². The lowest BCUT2D eigenvalue weighted by Crippen LogP contribution is -2.50. The van der Waals surface area contributed by atoms with Gasteiger partial charge < -0.3 is 20.3 Å². The van der Waals surface area contributed by atoms with Crippen LogP contribution in [0, 0.1) is 12.7 Å². The van der Waals surface area contributed by atoms with E-state index in [4.69, 9.17) is 10.5 Å². The Labute approximate surface area is 243 Å². The lowest BCUT2D eigenvalue weighted by molar-refractivity contribution is 0.0625. The van der Waals surface area contributed by atoms with Gasteiger partial charge in [-0.3, -0.25) is 14.7 Å². The fraction of sp³-hybridized carbons (Fsp3) is 0.394. The van der Waals surface area contributed by atoms with Crippen molar-refractivity contribution in [2.75, 3.05) is 65.2 Å². The van der Waals surface area contributed by atoms with Crippen molar-refractivity contribution in [3.63, 3.8) is 0 Å². The lowest BCUT2D eigenvalue weighted by Gasteiger charge is -2.36. The lowest BCUT2D eigenvalue weighted by atomic mass is 9.93. The van der Waals surface area contributed by atoms with Gasteiger partial charge in [-0.05, 0) is 62.3 Å². The molecule has 1 amide bonds. The number of ether oxygens (including phenoxy) is 1. The van der Waals surface area contributed by atoms with Gasteiger partial charge in [0.05, 0.1) is 18.4 Å². The number of carbonyl (C=O) groups is 1. The number of hydrogen-bond acceptors (Lipinski definition) is 6. The van der Waals surface area contributed by atoms with E-state index in [9.17, 15) is 4.79 Å². The van der Waals surface area contributed by atoms with Gasteiger partial charge in [0.2, 0.25) is 0 Å². The minimum absolute atomic E-state index is 0.119. The molecule has 2 aromatic carbocycles. The van der Waals surface area contributed by atoms with Gasteiger partial charge in [-0.1, -0.05) is 38.1 Å². The molecule has 2 heterocycles. The highest BCUT2D eigenvalue weighted by Gasteiger charge is 2.25. The predicted octanol–water partition coefficient (Wildman–Crippen LogP) is 5.34. The minimum Gasteiger partial charge on any atom is -0.496 e. The Morgan fingerprint density at radius 3 is 2.39 bits per heavy atom. The van der Waals surface area contributed by atoms with E-state index in [-0.39, 0.29) is 17.2 Å². The van der Waals surface area contributed by atoms with Crippen LogP contribution in [0.2, 0.25) is 0 Å². The van der Waals surface area contributed by atoms with Crippen LogP contribution in [0.25, 0.3) is 16.7 Å². The summed E-state index contributed by atoms with van der Waals surface area (Å²) in [6, 6.07) is 12.9. The number of allylic oxidation sites excluding steroid dienone is 1. The second kappa shape index (κ2) is 13.7. The van der Waals surface area contributed by atoms with Crippen LogP contribution in [0.3, 0.4) is 0 Å². The number of nitrogen functional groups attached to an aromatic ring is 1. The summed E-state index contributed by atoms with van der Waals surface area (Å²) >= 11 is 0. The number of aryl methyl sites for hydroxylation is 1. The largest absolute Gasteiger partial charge is 0.496 e. The third kappa shape index (κ3) is 6.77. The molecular weight excluding hydrogens is 517 g/mol. The van der Waals surface area contributed by atoms with Crippen LogP contribution >= 0.6 is 0 Å². The number of aromatic nitrogens is 1. The van der Waals surface area contributed by atoms with Crippen molar-refractivity contribution < 1.29 is 13.9 Å². The standard InChI is InChI=1S/C33H42FN5O2/c1-6-26(27-11-9-10-12-31(27)41-5)28-20-25(22-36-23(28)4)24-19-29(32(35)30(34)21-24)33(40)39-17-15-38(16-18-39)14-13-37(7-2)8-3/h6,9-12,19-22H,7-8,13-18,35H2,1-5H3/b26-6-. The minimum atomic E-state index is -0.609. The van der Waals surface area contributed by atoms with Gasteiger partial charge in [0.1, 0.15) is 11.6 Å². The highest BCUT2D eigenvalue weighted by atomic mass is 19.1. The van der Waals surface area contributed by atoms with E-state index in [1.165, 1.54) is 6.07 Å². The van der Waals surface area contributed by atoms with Crippen LogP contribution in [0.15, 0.2) is 54.7 Å². The number of likely N-dealkylation sites (N-methyl/N-ethyl adjacent to an activating group) is 1. The summed E-state index contributed by atoms with van der Waals surface area (Å²) < 4.78 is 20.8. The quantitative estimate of drug-likeness (QED) is 0.338. The van der Waals surface area contributed by atoms with Crippen LogP contribution in [0.5, 0.6) is 5.75 Å². The number of nitrogens with zero attached hydrogens (tertiary/aromatic N) is 4. The second-order valence-corrected chi connectivity index (χ2v) is 10.3. The molecule has 1 saturated heterocycles. The van der Waals surface area contributed by atoms with Gasteiger partial charge in [0.25, 0.3) is 5.91 Å². The Morgan fingerprint density at radius 1 is 1.05 bits per heavy atom. The third-order valence-corrected chi connectivity index (χ3v) is 8.04. The molecule has 0 radical (unpaired) electrons. The molecule has 0 saturated carbocycles.